The van der Waals surface area contributed by atoms with Crippen molar-refractivity contribution < 1.29 is 0 Å². The van der Waals surface area contributed by atoms with Crippen LogP contribution in [0.2, 0.25) is 0 Å². The van der Waals surface area contributed by atoms with Crippen LogP contribution in [0.3, 0.4) is 0 Å². The van der Waals surface area contributed by atoms with Gasteiger partial charge in [0.1, 0.15) is 0 Å². The maximum Gasteiger partial charge on any atom is 0.0621 e. The molecule has 0 radical (unpaired) electrons. The van der Waals surface area contributed by atoms with Crippen LogP contribution in [0, 0.1) is 11.3 Å². The van der Waals surface area contributed by atoms with Gasteiger partial charge < -0.3 is 0 Å². The van der Waals surface area contributed by atoms with E-state index < -0.39 is 0 Å². The Hall–Kier alpha value is -0.810. The lowest BCUT2D eigenvalue weighted by Gasteiger charge is -2.02. The molecule has 1 aromatic carbocycles. The fraction of sp³-hybridized carbons (Fsp3) is 0.562. The highest BCUT2D eigenvalue weighted by Gasteiger charge is 1.95. The van der Waals surface area contributed by atoms with Crippen molar-refractivity contribution in [3.63, 3.8) is 0 Å². The van der Waals surface area contributed by atoms with E-state index in [1.165, 1.54) is 50.5 Å². The average molecular weight is 308 g/mol. The van der Waals surface area contributed by atoms with E-state index in [-0.39, 0.29) is 0 Å². The Morgan fingerprint density at radius 1 is 0.833 bits per heavy atom. The summed E-state index contributed by atoms with van der Waals surface area (Å²) in [5, 5.41) is 8.41. The highest BCUT2D eigenvalue weighted by molar-refractivity contribution is 9.10. The number of aryl methyl sites for hydroxylation is 1. The van der Waals surface area contributed by atoms with Crippen molar-refractivity contribution in [2.45, 2.75) is 57.8 Å². The van der Waals surface area contributed by atoms with Crippen molar-refractivity contribution in [1.29, 1.82) is 5.26 Å². The largest absolute Gasteiger partial charge is 0.198 e. The average Bonchev–Trinajstić information content (AvgIpc) is 2.39. The molecule has 98 valence electrons. The zero-order valence-corrected chi connectivity index (χ0v) is 12.6. The molecule has 0 N–H and O–H groups in total. The normalized spacial score (nSPS) is 10.2. The van der Waals surface area contributed by atoms with Gasteiger partial charge in [-0.15, -0.1) is 0 Å². The van der Waals surface area contributed by atoms with Gasteiger partial charge in [-0.1, -0.05) is 60.2 Å². The predicted molar refractivity (Wildman–Crippen MR) is 80.4 cm³/mol. The second-order valence-corrected chi connectivity index (χ2v) is 5.68. The summed E-state index contributed by atoms with van der Waals surface area (Å²) in [6, 6.07) is 10.8. The fourth-order valence-electron chi connectivity index (χ4n) is 2.07. The van der Waals surface area contributed by atoms with Gasteiger partial charge in [-0.05, 0) is 37.0 Å². The van der Waals surface area contributed by atoms with Gasteiger partial charge in [0.2, 0.25) is 0 Å². The van der Waals surface area contributed by atoms with Crippen molar-refractivity contribution >= 4 is 15.9 Å². The molecule has 0 aliphatic rings. The number of benzene rings is 1. The molecule has 0 bridgehead atoms. The first-order valence-corrected chi connectivity index (χ1v) is 7.73. The molecule has 0 fully saturated rings. The van der Waals surface area contributed by atoms with Gasteiger partial charge in [-0.2, -0.15) is 5.26 Å². The highest BCUT2D eigenvalue weighted by Crippen LogP contribution is 2.14. The molecule has 0 aromatic heterocycles. The lowest BCUT2D eigenvalue weighted by molar-refractivity contribution is 0.582. The van der Waals surface area contributed by atoms with Crippen LogP contribution in [-0.2, 0) is 6.42 Å². The van der Waals surface area contributed by atoms with Gasteiger partial charge in [-0.25, -0.2) is 0 Å². The topological polar surface area (TPSA) is 23.8 Å². The molecule has 2 heteroatoms. The summed E-state index contributed by atoms with van der Waals surface area (Å²) in [4.78, 5) is 0. The van der Waals surface area contributed by atoms with Crippen LogP contribution >= 0.6 is 15.9 Å². The molecule has 0 saturated carbocycles. The molecule has 0 saturated heterocycles. The number of nitriles is 1. The van der Waals surface area contributed by atoms with Crippen molar-refractivity contribution in [2.24, 2.45) is 0 Å². The monoisotopic (exact) mass is 307 g/mol. The first kappa shape index (κ1) is 15.2. The number of hydrogen-bond acceptors (Lipinski definition) is 1. The second-order valence-electron chi connectivity index (χ2n) is 4.76. The zero-order chi connectivity index (χ0) is 13.1. The van der Waals surface area contributed by atoms with Crippen LogP contribution in [0.15, 0.2) is 28.7 Å². The van der Waals surface area contributed by atoms with Crippen LogP contribution in [0.4, 0.5) is 0 Å². The van der Waals surface area contributed by atoms with Crippen LogP contribution in [-0.4, -0.2) is 0 Å². The van der Waals surface area contributed by atoms with Gasteiger partial charge in [0.15, 0.2) is 0 Å². The molecule has 0 amide bonds. The molecular weight excluding hydrogens is 286 g/mol. The molecule has 0 spiro atoms. The van der Waals surface area contributed by atoms with E-state index in [0.29, 0.717) is 0 Å². The smallest absolute Gasteiger partial charge is 0.0621 e. The number of rotatable bonds is 9. The van der Waals surface area contributed by atoms with Crippen LogP contribution in [0.1, 0.15) is 56.9 Å². The highest BCUT2D eigenvalue weighted by atomic mass is 79.9. The summed E-state index contributed by atoms with van der Waals surface area (Å²) >= 11 is 3.45. The summed E-state index contributed by atoms with van der Waals surface area (Å²) in [7, 11) is 0. The van der Waals surface area contributed by atoms with E-state index in [0.717, 1.165) is 17.3 Å². The minimum atomic E-state index is 0.726. The zero-order valence-electron chi connectivity index (χ0n) is 11.0. The first-order chi connectivity index (χ1) is 8.83. The van der Waals surface area contributed by atoms with Crippen molar-refractivity contribution in [1.82, 2.24) is 0 Å². The summed E-state index contributed by atoms with van der Waals surface area (Å²) in [5.41, 5.74) is 1.44. The molecule has 0 aliphatic heterocycles. The minimum Gasteiger partial charge on any atom is -0.198 e. The Bertz CT molecular complexity index is 350. The lowest BCUT2D eigenvalue weighted by Crippen LogP contribution is -1.86. The quantitative estimate of drug-likeness (QED) is 0.542. The predicted octanol–water partition coefficient (Wildman–Crippen LogP) is 5.64. The third-order valence-corrected chi connectivity index (χ3v) is 3.70. The van der Waals surface area contributed by atoms with Gasteiger partial charge in [0.05, 0.1) is 6.07 Å². The SMILES string of the molecule is N#CCCCCCCCCCc1ccc(Br)cc1. The molecule has 0 aliphatic carbocycles. The summed E-state index contributed by atoms with van der Waals surface area (Å²) in [6.07, 6.45) is 10.8. The third kappa shape index (κ3) is 7.50. The van der Waals surface area contributed by atoms with E-state index in [1.807, 2.05) is 0 Å². The molecule has 1 nitrogen and oxygen atoms in total. The van der Waals surface area contributed by atoms with Crippen LogP contribution < -0.4 is 0 Å². The number of unbranched alkanes of at least 4 members (excludes halogenated alkanes) is 7. The minimum absolute atomic E-state index is 0.726. The summed E-state index contributed by atoms with van der Waals surface area (Å²) in [6.45, 7) is 0. The molecular formula is C16H22BrN. The van der Waals surface area contributed by atoms with E-state index in [4.69, 9.17) is 5.26 Å². The Kier molecular flexibility index (Phi) is 8.59. The standard InChI is InChI=1S/C16H22BrN/c17-16-12-10-15(11-13-16)9-7-5-3-1-2-4-6-8-14-18/h10-13H,1-9H2. The molecule has 0 atom stereocenters. The van der Waals surface area contributed by atoms with Crippen LogP contribution in [0.25, 0.3) is 0 Å². The maximum absolute atomic E-state index is 8.41. The fourth-order valence-corrected chi connectivity index (χ4v) is 2.33. The van der Waals surface area contributed by atoms with Crippen molar-refractivity contribution in [2.75, 3.05) is 0 Å². The third-order valence-electron chi connectivity index (χ3n) is 3.17. The van der Waals surface area contributed by atoms with Gasteiger partial charge in [-0.3, -0.25) is 0 Å². The van der Waals surface area contributed by atoms with Gasteiger partial charge in [0, 0.05) is 10.9 Å². The molecule has 18 heavy (non-hydrogen) atoms. The Morgan fingerprint density at radius 2 is 1.39 bits per heavy atom. The number of hydrogen-bond donors (Lipinski definition) is 0. The molecule has 1 rings (SSSR count). The van der Waals surface area contributed by atoms with E-state index in [2.05, 4.69) is 46.3 Å². The van der Waals surface area contributed by atoms with Gasteiger partial charge in [0.25, 0.3) is 0 Å². The van der Waals surface area contributed by atoms with E-state index in [9.17, 15) is 0 Å². The number of nitrogens with zero attached hydrogens (tertiary/aromatic N) is 1. The van der Waals surface area contributed by atoms with Crippen molar-refractivity contribution in [3.8, 4) is 6.07 Å². The van der Waals surface area contributed by atoms with Gasteiger partial charge >= 0.3 is 0 Å². The molecule has 1 aromatic rings. The van der Waals surface area contributed by atoms with E-state index >= 15 is 0 Å². The lowest BCUT2D eigenvalue weighted by atomic mass is 10.0. The Morgan fingerprint density at radius 3 is 2.00 bits per heavy atom. The number of halogens is 1. The second kappa shape index (κ2) is 10.1. The summed E-state index contributed by atoms with van der Waals surface area (Å²) in [5.74, 6) is 0. The maximum atomic E-state index is 8.41. The van der Waals surface area contributed by atoms with E-state index in [1.54, 1.807) is 0 Å². The molecule has 0 unspecified atom stereocenters. The Balaban J connectivity index is 1.93. The Labute approximate surface area is 119 Å². The summed E-state index contributed by atoms with van der Waals surface area (Å²) < 4.78 is 1.16. The first-order valence-electron chi connectivity index (χ1n) is 6.94. The van der Waals surface area contributed by atoms with Crippen molar-refractivity contribution in [3.05, 3.63) is 34.3 Å². The molecule has 0 heterocycles. The van der Waals surface area contributed by atoms with Crippen LogP contribution in [0.5, 0.6) is 0 Å².